The van der Waals surface area contributed by atoms with Gasteiger partial charge in [-0.2, -0.15) is 0 Å². The van der Waals surface area contributed by atoms with E-state index < -0.39 is 24.3 Å². The number of halogens is 1. The molecule has 1 aromatic rings. The minimum Gasteiger partial charge on any atom is -0.445 e. The van der Waals surface area contributed by atoms with Gasteiger partial charge in [-0.3, -0.25) is 9.59 Å². The lowest BCUT2D eigenvalue weighted by atomic mass is 9.96. The summed E-state index contributed by atoms with van der Waals surface area (Å²) in [5, 5.41) is 8.61. The third-order valence-corrected chi connectivity index (χ3v) is 7.85. The number of fused-ring (bicyclic) bond motifs is 1. The van der Waals surface area contributed by atoms with E-state index in [0.717, 1.165) is 31.2 Å². The van der Waals surface area contributed by atoms with Crippen LogP contribution >= 0.6 is 0 Å². The van der Waals surface area contributed by atoms with Crippen LogP contribution in [-0.2, 0) is 20.9 Å². The number of hydrogen-bond acceptors (Lipinski definition) is 6. The van der Waals surface area contributed by atoms with E-state index in [4.69, 9.17) is 4.74 Å². The maximum Gasteiger partial charge on any atom is 0.407 e. The second-order valence-corrected chi connectivity index (χ2v) is 10.8. The van der Waals surface area contributed by atoms with Crippen molar-refractivity contribution in [1.29, 1.82) is 0 Å². The Labute approximate surface area is 246 Å². The van der Waals surface area contributed by atoms with Crippen molar-refractivity contribution in [3.8, 4) is 0 Å². The highest BCUT2D eigenvalue weighted by molar-refractivity contribution is 5.91. The van der Waals surface area contributed by atoms with Gasteiger partial charge in [0.1, 0.15) is 24.6 Å². The number of allylic oxidation sites excluding steroid dienone is 1. The Morgan fingerprint density at radius 1 is 1.17 bits per heavy atom. The maximum atomic E-state index is 13.8. The smallest absolute Gasteiger partial charge is 0.407 e. The number of carbonyl (C=O) groups excluding carboxylic acids is 4. The summed E-state index contributed by atoms with van der Waals surface area (Å²) < 4.78 is 18.3. The van der Waals surface area contributed by atoms with E-state index in [2.05, 4.69) is 23.3 Å². The topological polar surface area (TPSA) is 115 Å². The summed E-state index contributed by atoms with van der Waals surface area (Å²) >= 11 is 0. The van der Waals surface area contributed by atoms with Crippen LogP contribution in [0.4, 0.5) is 14.0 Å². The number of alkyl carbamates (subject to hydrolysis) is 1. The van der Waals surface area contributed by atoms with Gasteiger partial charge in [0.25, 0.3) is 0 Å². The van der Waals surface area contributed by atoms with Gasteiger partial charge in [0.2, 0.25) is 11.8 Å². The molecule has 0 aromatic heterocycles. The van der Waals surface area contributed by atoms with Crippen molar-refractivity contribution in [2.75, 3.05) is 39.8 Å². The molecule has 0 spiro atoms. The zero-order valence-corrected chi connectivity index (χ0v) is 24.2. The van der Waals surface area contributed by atoms with Gasteiger partial charge in [0.15, 0.2) is 0 Å². The number of benzene rings is 1. The number of rotatable bonds is 11. The molecule has 2 saturated heterocycles. The molecular formula is C30H41FN6O5. The highest BCUT2D eigenvalue weighted by Crippen LogP contribution is 2.29. The Morgan fingerprint density at radius 3 is 2.67 bits per heavy atom. The van der Waals surface area contributed by atoms with Crippen LogP contribution in [0, 0.1) is 5.82 Å². The minimum atomic E-state index is -0.774. The molecule has 2 aliphatic heterocycles. The Balaban J connectivity index is 1.49. The summed E-state index contributed by atoms with van der Waals surface area (Å²) in [6, 6.07) is 4.68. The van der Waals surface area contributed by atoms with Crippen LogP contribution in [-0.4, -0.2) is 95.8 Å². The molecule has 0 unspecified atom stereocenters. The van der Waals surface area contributed by atoms with Gasteiger partial charge in [-0.1, -0.05) is 36.4 Å². The molecule has 2 fully saturated rings. The van der Waals surface area contributed by atoms with E-state index in [1.165, 1.54) is 40.1 Å². The fourth-order valence-corrected chi connectivity index (χ4v) is 5.73. The van der Waals surface area contributed by atoms with E-state index in [-0.39, 0.29) is 50.4 Å². The second kappa shape index (κ2) is 14.8. The van der Waals surface area contributed by atoms with Gasteiger partial charge >= 0.3 is 12.1 Å². The largest absolute Gasteiger partial charge is 0.445 e. The van der Waals surface area contributed by atoms with Crippen molar-refractivity contribution in [2.24, 2.45) is 0 Å². The number of hydrogen-bond donors (Lipinski definition) is 2. The van der Waals surface area contributed by atoms with Gasteiger partial charge in [-0.05, 0) is 62.6 Å². The number of nitrogens with zero attached hydrogens (tertiary/aromatic N) is 4. The Bertz CT molecular complexity index is 1180. The van der Waals surface area contributed by atoms with Gasteiger partial charge in [0.05, 0.1) is 13.1 Å². The van der Waals surface area contributed by atoms with Crippen LogP contribution in [0.5, 0.6) is 0 Å². The molecule has 11 nitrogen and oxygen atoms in total. The van der Waals surface area contributed by atoms with Crippen LogP contribution in [0.2, 0.25) is 0 Å². The number of ether oxygens (including phenoxy) is 1. The predicted molar refractivity (Wildman–Crippen MR) is 154 cm³/mol. The molecule has 0 saturated carbocycles. The lowest BCUT2D eigenvalue weighted by Gasteiger charge is -2.54. The fraction of sp³-hybridized carbons (Fsp3) is 0.533. The van der Waals surface area contributed by atoms with E-state index in [1.54, 1.807) is 29.1 Å². The average molecular weight is 585 g/mol. The standard InChI is InChI=1S/C30H41FN6O5/c1-3-18-42-30(41)32-16-7-10-25-28(39)35(17-15-22-8-5-4-6-9-22)20-26-36(25)27(38)21-34(2)37(26)29(40)33-19-23-11-13-24(31)14-12-23/h3,8,11-14,25-26H,1,4-7,9-10,15-21H2,2H3,(H,32,41)(H,33,40)/t25-,26-/m0/s1. The summed E-state index contributed by atoms with van der Waals surface area (Å²) in [6.07, 6.45) is 8.34. The summed E-state index contributed by atoms with van der Waals surface area (Å²) in [4.78, 5) is 55.8. The molecule has 42 heavy (non-hydrogen) atoms. The highest BCUT2D eigenvalue weighted by atomic mass is 19.1. The molecule has 2 atom stereocenters. The Hall–Kier alpha value is -3.93. The minimum absolute atomic E-state index is 0.0662. The first-order chi connectivity index (χ1) is 20.3. The van der Waals surface area contributed by atoms with Gasteiger partial charge in [-0.15, -0.1) is 0 Å². The zero-order chi connectivity index (χ0) is 30.1. The van der Waals surface area contributed by atoms with Crippen molar-refractivity contribution >= 4 is 23.9 Å². The number of carbonyl (C=O) groups is 4. The van der Waals surface area contributed by atoms with Gasteiger partial charge < -0.3 is 25.2 Å². The number of amides is 5. The fourth-order valence-electron chi connectivity index (χ4n) is 5.73. The summed E-state index contributed by atoms with van der Waals surface area (Å²) in [5.41, 5.74) is 2.07. The lowest BCUT2D eigenvalue weighted by molar-refractivity contribution is -0.187. The number of nitrogens with one attached hydrogen (secondary N) is 2. The van der Waals surface area contributed by atoms with E-state index >= 15 is 0 Å². The Morgan fingerprint density at radius 2 is 1.95 bits per heavy atom. The summed E-state index contributed by atoms with van der Waals surface area (Å²) in [6.45, 7) is 4.67. The highest BCUT2D eigenvalue weighted by Gasteiger charge is 2.50. The van der Waals surface area contributed by atoms with Crippen molar-refractivity contribution in [2.45, 2.75) is 63.7 Å². The molecule has 2 heterocycles. The first-order valence-corrected chi connectivity index (χ1v) is 14.6. The predicted octanol–water partition coefficient (Wildman–Crippen LogP) is 3.15. The zero-order valence-electron chi connectivity index (χ0n) is 24.2. The molecule has 1 aliphatic carbocycles. The van der Waals surface area contributed by atoms with E-state index in [1.807, 2.05) is 0 Å². The second-order valence-electron chi connectivity index (χ2n) is 10.8. The molecule has 0 radical (unpaired) electrons. The number of likely N-dealkylation sites (N-methyl/N-ethyl adjacent to an activating group) is 1. The van der Waals surface area contributed by atoms with Crippen LogP contribution in [0.1, 0.15) is 50.5 Å². The molecule has 5 amide bonds. The maximum absolute atomic E-state index is 13.8. The third-order valence-electron chi connectivity index (χ3n) is 7.85. The molecule has 2 N–H and O–H groups in total. The first kappa shape index (κ1) is 31.0. The summed E-state index contributed by atoms with van der Waals surface area (Å²) in [7, 11) is 1.67. The lowest BCUT2D eigenvalue weighted by Crippen LogP contribution is -2.76. The van der Waals surface area contributed by atoms with E-state index in [9.17, 15) is 23.6 Å². The van der Waals surface area contributed by atoms with Crippen molar-refractivity contribution < 1.29 is 28.3 Å². The molecule has 4 rings (SSSR count). The molecular weight excluding hydrogens is 543 g/mol. The average Bonchev–Trinajstić information content (AvgIpc) is 2.98. The summed E-state index contributed by atoms with van der Waals surface area (Å²) in [5.74, 6) is -0.751. The van der Waals surface area contributed by atoms with Crippen molar-refractivity contribution in [3.63, 3.8) is 0 Å². The monoisotopic (exact) mass is 584 g/mol. The number of piperazine rings is 1. The number of urea groups is 1. The molecule has 12 heteroatoms. The van der Waals surface area contributed by atoms with Gasteiger partial charge in [0, 0.05) is 26.7 Å². The molecule has 228 valence electrons. The van der Waals surface area contributed by atoms with E-state index in [0.29, 0.717) is 19.4 Å². The first-order valence-electron chi connectivity index (χ1n) is 14.6. The van der Waals surface area contributed by atoms with Crippen LogP contribution < -0.4 is 10.6 Å². The SMILES string of the molecule is C=CCOC(=O)NCCC[C@H]1C(=O)N(CCC2=CCCCC2)C[C@H]2N1C(=O)CN(C)N2C(=O)NCc1ccc(F)cc1. The molecule has 1 aromatic carbocycles. The quantitative estimate of drug-likeness (QED) is 0.305. The van der Waals surface area contributed by atoms with Crippen LogP contribution in [0.25, 0.3) is 0 Å². The number of hydrazine groups is 1. The third kappa shape index (κ3) is 7.87. The normalized spacial score (nSPS) is 21.0. The van der Waals surface area contributed by atoms with Crippen molar-refractivity contribution in [3.05, 3.63) is 60.0 Å². The Kier molecular flexibility index (Phi) is 10.9. The molecule has 0 bridgehead atoms. The molecule has 3 aliphatic rings. The van der Waals surface area contributed by atoms with Crippen molar-refractivity contribution in [1.82, 2.24) is 30.5 Å². The van der Waals surface area contributed by atoms with Crippen LogP contribution in [0.3, 0.4) is 0 Å². The van der Waals surface area contributed by atoms with Crippen LogP contribution in [0.15, 0.2) is 48.6 Å². The van der Waals surface area contributed by atoms with Gasteiger partial charge in [-0.25, -0.2) is 24.0 Å².